The molecule has 1 N–H and O–H groups in total. The Balaban J connectivity index is 2.47. The average Bonchev–Trinajstić information content (AvgIpc) is 2.70. The van der Waals surface area contributed by atoms with Crippen LogP contribution in [0.4, 0.5) is 0 Å². The van der Waals surface area contributed by atoms with E-state index in [1.807, 2.05) is 6.07 Å². The molecule has 19 heavy (non-hydrogen) atoms. The smallest absolute Gasteiger partial charge is 0.0888 e. The van der Waals surface area contributed by atoms with Crippen molar-refractivity contribution in [1.82, 2.24) is 5.32 Å². The van der Waals surface area contributed by atoms with Crippen molar-refractivity contribution >= 4 is 54.8 Å². The van der Waals surface area contributed by atoms with Crippen LogP contribution in [0.3, 0.4) is 0 Å². The minimum Gasteiger partial charge on any atom is -0.306 e. The largest absolute Gasteiger partial charge is 0.306 e. The lowest BCUT2D eigenvalue weighted by Gasteiger charge is -2.19. The van der Waals surface area contributed by atoms with Crippen LogP contribution >= 0.6 is 54.8 Å². The topological polar surface area (TPSA) is 12.0 Å². The molecule has 2 aromatic rings. The second-order valence-corrected chi connectivity index (χ2v) is 7.99. The number of halogens is 3. The zero-order valence-electron chi connectivity index (χ0n) is 10.6. The Morgan fingerprint density at radius 2 is 2.05 bits per heavy atom. The molecule has 102 valence electrons. The molecule has 0 radical (unpaired) electrons. The zero-order valence-corrected chi connectivity index (χ0v) is 15.4. The van der Waals surface area contributed by atoms with Gasteiger partial charge in [-0.2, -0.15) is 0 Å². The Kier molecular flexibility index (Phi) is 5.49. The Morgan fingerprint density at radius 3 is 2.63 bits per heavy atom. The molecule has 0 saturated heterocycles. The Morgan fingerprint density at radius 1 is 1.32 bits per heavy atom. The third-order valence-electron chi connectivity index (χ3n) is 2.91. The summed E-state index contributed by atoms with van der Waals surface area (Å²) in [6, 6.07) is 8.58. The maximum absolute atomic E-state index is 6.16. The maximum atomic E-state index is 6.16. The van der Waals surface area contributed by atoms with Gasteiger partial charge in [-0.3, -0.25) is 0 Å². The van der Waals surface area contributed by atoms with E-state index in [-0.39, 0.29) is 6.04 Å². The number of nitrogens with one attached hydrogen (secondary N) is 1. The van der Waals surface area contributed by atoms with Crippen molar-refractivity contribution in [2.45, 2.75) is 19.9 Å². The summed E-state index contributed by atoms with van der Waals surface area (Å²) in [6.07, 6.45) is 0. The third-order valence-corrected chi connectivity index (χ3v) is 5.94. The van der Waals surface area contributed by atoms with Crippen LogP contribution in [0.2, 0.25) is 5.02 Å². The van der Waals surface area contributed by atoms with Crippen molar-refractivity contribution in [3.8, 4) is 0 Å². The molecule has 1 unspecified atom stereocenters. The lowest BCUT2D eigenvalue weighted by molar-refractivity contribution is 0.636. The quantitative estimate of drug-likeness (QED) is 0.642. The van der Waals surface area contributed by atoms with Crippen LogP contribution in [0, 0.1) is 6.92 Å². The van der Waals surface area contributed by atoms with E-state index in [0.717, 1.165) is 19.8 Å². The van der Waals surface area contributed by atoms with Crippen LogP contribution in [0.15, 0.2) is 32.5 Å². The summed E-state index contributed by atoms with van der Waals surface area (Å²) >= 11 is 14.9. The maximum Gasteiger partial charge on any atom is 0.0888 e. The number of hydrogen-bond acceptors (Lipinski definition) is 2. The van der Waals surface area contributed by atoms with Crippen molar-refractivity contribution in [2.75, 3.05) is 6.54 Å². The first-order valence-corrected chi connectivity index (χ1v) is 8.75. The zero-order chi connectivity index (χ0) is 14.0. The minimum atomic E-state index is 0.177. The van der Waals surface area contributed by atoms with Crippen LogP contribution in [-0.2, 0) is 0 Å². The van der Waals surface area contributed by atoms with Gasteiger partial charge >= 0.3 is 0 Å². The molecule has 5 heteroatoms. The van der Waals surface area contributed by atoms with Crippen LogP contribution in [-0.4, -0.2) is 6.54 Å². The molecular formula is C14H14Br2ClNS. The van der Waals surface area contributed by atoms with Gasteiger partial charge < -0.3 is 5.32 Å². The minimum absolute atomic E-state index is 0.177. The van der Waals surface area contributed by atoms with Gasteiger partial charge in [-0.15, -0.1) is 11.3 Å². The third kappa shape index (κ3) is 3.61. The summed E-state index contributed by atoms with van der Waals surface area (Å²) in [4.78, 5) is 1.22. The first-order valence-electron chi connectivity index (χ1n) is 5.97. The summed E-state index contributed by atoms with van der Waals surface area (Å²) < 4.78 is 2.08. The number of aryl methyl sites for hydroxylation is 1. The molecule has 0 fully saturated rings. The average molecular weight is 424 g/mol. The Bertz CT molecular complexity index is 563. The van der Waals surface area contributed by atoms with Crippen molar-refractivity contribution < 1.29 is 0 Å². The molecule has 0 amide bonds. The van der Waals surface area contributed by atoms with Gasteiger partial charge in [-0.05, 0) is 58.7 Å². The lowest BCUT2D eigenvalue weighted by Crippen LogP contribution is -2.21. The second-order valence-electron chi connectivity index (χ2n) is 4.26. The number of benzene rings is 1. The molecular weight excluding hydrogens is 409 g/mol. The van der Waals surface area contributed by atoms with Gasteiger partial charge in [-0.25, -0.2) is 0 Å². The summed E-state index contributed by atoms with van der Waals surface area (Å²) in [5, 5.41) is 4.31. The van der Waals surface area contributed by atoms with Crippen LogP contribution < -0.4 is 5.32 Å². The lowest BCUT2D eigenvalue weighted by atomic mass is 10.00. The van der Waals surface area contributed by atoms with Crippen molar-refractivity contribution in [1.29, 1.82) is 0 Å². The molecule has 0 spiro atoms. The highest BCUT2D eigenvalue weighted by molar-refractivity contribution is 9.11. The molecule has 0 aliphatic heterocycles. The van der Waals surface area contributed by atoms with Crippen molar-refractivity contribution in [2.24, 2.45) is 0 Å². The molecule has 1 heterocycles. The number of hydrogen-bond donors (Lipinski definition) is 1. The van der Waals surface area contributed by atoms with Crippen LogP contribution in [0.25, 0.3) is 0 Å². The van der Waals surface area contributed by atoms with Gasteiger partial charge in [0.05, 0.1) is 14.9 Å². The summed E-state index contributed by atoms with van der Waals surface area (Å²) in [5.41, 5.74) is 2.55. The summed E-state index contributed by atoms with van der Waals surface area (Å²) in [5.74, 6) is 0. The first-order chi connectivity index (χ1) is 9.02. The van der Waals surface area contributed by atoms with E-state index in [0.29, 0.717) is 0 Å². The molecule has 1 nitrogen and oxygen atoms in total. The van der Waals surface area contributed by atoms with Gasteiger partial charge in [-0.1, -0.05) is 40.5 Å². The Hall–Kier alpha value is 0.130. The molecule has 0 bridgehead atoms. The van der Waals surface area contributed by atoms with E-state index in [1.165, 1.54) is 16.0 Å². The van der Waals surface area contributed by atoms with Gasteiger partial charge in [0.15, 0.2) is 0 Å². The van der Waals surface area contributed by atoms with E-state index in [1.54, 1.807) is 11.3 Å². The highest BCUT2D eigenvalue weighted by atomic mass is 79.9. The molecule has 0 saturated carbocycles. The molecule has 0 aliphatic rings. The van der Waals surface area contributed by atoms with Gasteiger partial charge in [0.2, 0.25) is 0 Å². The van der Waals surface area contributed by atoms with Gasteiger partial charge in [0.1, 0.15) is 0 Å². The van der Waals surface area contributed by atoms with Crippen molar-refractivity contribution in [3.63, 3.8) is 0 Å². The highest BCUT2D eigenvalue weighted by Crippen LogP contribution is 2.38. The molecule has 1 atom stereocenters. The fraction of sp³-hybridized carbons (Fsp3) is 0.286. The Labute approximate surface area is 139 Å². The SMILES string of the molecule is CCNC(c1cc(Cl)c(Br)s1)c1cc(Br)ccc1C. The predicted octanol–water partition coefficient (Wildman–Crippen LogP) is 5.93. The van der Waals surface area contributed by atoms with E-state index in [4.69, 9.17) is 11.6 Å². The fourth-order valence-corrected chi connectivity index (χ4v) is 4.22. The van der Waals surface area contributed by atoms with E-state index >= 15 is 0 Å². The monoisotopic (exact) mass is 421 g/mol. The molecule has 1 aromatic carbocycles. The molecule has 1 aromatic heterocycles. The van der Waals surface area contributed by atoms with E-state index in [9.17, 15) is 0 Å². The van der Waals surface area contributed by atoms with Gasteiger partial charge in [0, 0.05) is 9.35 Å². The highest BCUT2D eigenvalue weighted by Gasteiger charge is 2.19. The summed E-state index contributed by atoms with van der Waals surface area (Å²) in [7, 11) is 0. The molecule has 2 rings (SSSR count). The number of rotatable bonds is 4. The van der Waals surface area contributed by atoms with E-state index < -0.39 is 0 Å². The summed E-state index contributed by atoms with van der Waals surface area (Å²) in [6.45, 7) is 5.16. The molecule has 0 aliphatic carbocycles. The van der Waals surface area contributed by atoms with Crippen LogP contribution in [0.1, 0.15) is 29.0 Å². The second kappa shape index (κ2) is 6.72. The normalized spacial score (nSPS) is 12.7. The predicted molar refractivity (Wildman–Crippen MR) is 91.4 cm³/mol. The van der Waals surface area contributed by atoms with Crippen LogP contribution in [0.5, 0.6) is 0 Å². The standard InChI is InChI=1S/C14H14Br2ClNS/c1-3-18-13(12-7-11(17)14(16)19-12)10-6-9(15)5-4-8(10)2/h4-7,13,18H,3H2,1-2H3. The van der Waals surface area contributed by atoms with E-state index in [2.05, 4.69) is 69.2 Å². The number of thiophene rings is 1. The van der Waals surface area contributed by atoms with Crippen molar-refractivity contribution in [3.05, 3.63) is 53.6 Å². The fourth-order valence-electron chi connectivity index (χ4n) is 2.00. The van der Waals surface area contributed by atoms with Gasteiger partial charge in [0.25, 0.3) is 0 Å². The first kappa shape index (κ1) is 15.5.